The largest absolute Gasteiger partial charge is 0.379 e. The van der Waals surface area contributed by atoms with Crippen molar-refractivity contribution in [2.24, 2.45) is 10.9 Å². The summed E-state index contributed by atoms with van der Waals surface area (Å²) >= 11 is 0. The van der Waals surface area contributed by atoms with E-state index in [4.69, 9.17) is 9.73 Å². The lowest BCUT2D eigenvalue weighted by molar-refractivity contribution is 0.00752. The van der Waals surface area contributed by atoms with E-state index in [1.807, 2.05) is 28.8 Å². The van der Waals surface area contributed by atoms with Gasteiger partial charge in [-0.3, -0.25) is 9.30 Å². The standard InChI is InChI=1S/C19H31N7O.HI/c1-4-20-19(21-13-16(15(2)3)25-9-11-27-12-10-25)22-14-18-24-23-17-7-5-6-8-26(17)18;/h5-8,15-16H,4,9-14H2,1-3H3,(H2,20,21,22);1H. The predicted octanol–water partition coefficient (Wildman–Crippen LogP) is 1.76. The minimum atomic E-state index is 0. The zero-order chi connectivity index (χ0) is 19.1. The summed E-state index contributed by atoms with van der Waals surface area (Å²) in [6, 6.07) is 6.33. The number of rotatable bonds is 7. The van der Waals surface area contributed by atoms with Crippen LogP contribution in [0, 0.1) is 5.92 Å². The number of aliphatic imine (C=N–C) groups is 1. The fraction of sp³-hybridized carbons (Fsp3) is 0.632. The monoisotopic (exact) mass is 501 g/mol. The first-order chi connectivity index (χ1) is 13.2. The Morgan fingerprint density at radius 2 is 2.00 bits per heavy atom. The molecule has 0 amide bonds. The molecule has 1 unspecified atom stereocenters. The number of aromatic nitrogens is 3. The van der Waals surface area contributed by atoms with Gasteiger partial charge in [0.1, 0.15) is 6.54 Å². The number of pyridine rings is 1. The van der Waals surface area contributed by atoms with Gasteiger partial charge >= 0.3 is 0 Å². The summed E-state index contributed by atoms with van der Waals surface area (Å²) in [5.74, 6) is 2.19. The Morgan fingerprint density at radius 3 is 2.71 bits per heavy atom. The van der Waals surface area contributed by atoms with Crippen LogP contribution >= 0.6 is 24.0 Å². The van der Waals surface area contributed by atoms with Gasteiger partial charge in [0.25, 0.3) is 0 Å². The molecule has 3 heterocycles. The van der Waals surface area contributed by atoms with Gasteiger partial charge in [-0.1, -0.05) is 19.9 Å². The predicted molar refractivity (Wildman–Crippen MR) is 122 cm³/mol. The van der Waals surface area contributed by atoms with Gasteiger partial charge in [-0.25, -0.2) is 4.99 Å². The summed E-state index contributed by atoms with van der Waals surface area (Å²) in [7, 11) is 0. The molecule has 0 saturated carbocycles. The third-order valence-electron chi connectivity index (χ3n) is 4.87. The van der Waals surface area contributed by atoms with Gasteiger partial charge in [0.2, 0.25) is 0 Å². The van der Waals surface area contributed by atoms with Crippen LogP contribution < -0.4 is 10.6 Å². The first-order valence-electron chi connectivity index (χ1n) is 9.81. The maximum absolute atomic E-state index is 5.50. The van der Waals surface area contributed by atoms with Crippen molar-refractivity contribution in [1.29, 1.82) is 0 Å². The van der Waals surface area contributed by atoms with Crippen LogP contribution in [0.25, 0.3) is 5.65 Å². The number of hydrogen-bond donors (Lipinski definition) is 2. The molecular formula is C19H32IN7O. The smallest absolute Gasteiger partial charge is 0.191 e. The van der Waals surface area contributed by atoms with Gasteiger partial charge in [0.15, 0.2) is 17.4 Å². The van der Waals surface area contributed by atoms with E-state index in [1.54, 1.807) is 0 Å². The van der Waals surface area contributed by atoms with Crippen LogP contribution in [-0.2, 0) is 11.3 Å². The first kappa shape index (κ1) is 22.8. The van der Waals surface area contributed by atoms with Crippen LogP contribution in [0.1, 0.15) is 26.6 Å². The van der Waals surface area contributed by atoms with E-state index in [0.717, 1.165) is 56.8 Å². The topological polar surface area (TPSA) is 79.1 Å². The van der Waals surface area contributed by atoms with Crippen molar-refractivity contribution in [3.8, 4) is 0 Å². The fourth-order valence-corrected chi connectivity index (χ4v) is 3.39. The molecular weight excluding hydrogens is 469 g/mol. The highest BCUT2D eigenvalue weighted by Gasteiger charge is 2.23. The molecule has 1 aliphatic rings. The van der Waals surface area contributed by atoms with Crippen molar-refractivity contribution in [2.75, 3.05) is 39.4 Å². The molecule has 2 aromatic rings. The van der Waals surface area contributed by atoms with E-state index in [9.17, 15) is 0 Å². The molecule has 0 aliphatic carbocycles. The van der Waals surface area contributed by atoms with E-state index in [-0.39, 0.29) is 24.0 Å². The number of morpholine rings is 1. The zero-order valence-corrected chi connectivity index (χ0v) is 19.3. The van der Waals surface area contributed by atoms with Crippen molar-refractivity contribution < 1.29 is 4.74 Å². The number of halogens is 1. The number of hydrogen-bond acceptors (Lipinski definition) is 5. The van der Waals surface area contributed by atoms with E-state index in [2.05, 4.69) is 46.5 Å². The lowest BCUT2D eigenvalue weighted by atomic mass is 10.0. The molecule has 28 heavy (non-hydrogen) atoms. The number of nitrogens with zero attached hydrogens (tertiary/aromatic N) is 5. The van der Waals surface area contributed by atoms with Gasteiger partial charge in [-0.05, 0) is 25.0 Å². The summed E-state index contributed by atoms with van der Waals surface area (Å²) in [4.78, 5) is 7.22. The Balaban J connectivity index is 0.00000280. The SMILES string of the molecule is CCNC(=NCc1nnc2ccccn12)NCC(C(C)C)N1CCOCC1.I. The number of guanidine groups is 1. The minimum absolute atomic E-state index is 0. The van der Waals surface area contributed by atoms with Gasteiger partial charge in [0, 0.05) is 38.4 Å². The van der Waals surface area contributed by atoms with Crippen LogP contribution in [0.15, 0.2) is 29.4 Å². The molecule has 2 aromatic heterocycles. The van der Waals surface area contributed by atoms with E-state index >= 15 is 0 Å². The Labute approximate surface area is 184 Å². The average molecular weight is 501 g/mol. The first-order valence-corrected chi connectivity index (χ1v) is 9.81. The summed E-state index contributed by atoms with van der Waals surface area (Å²) in [6.07, 6.45) is 1.97. The molecule has 156 valence electrons. The van der Waals surface area contributed by atoms with Crippen LogP contribution in [0.2, 0.25) is 0 Å². The third-order valence-corrected chi connectivity index (χ3v) is 4.87. The summed E-state index contributed by atoms with van der Waals surface area (Å²) in [6.45, 7) is 12.4. The molecule has 0 spiro atoms. The van der Waals surface area contributed by atoms with Gasteiger partial charge in [0.05, 0.1) is 13.2 Å². The average Bonchev–Trinajstić information content (AvgIpc) is 3.10. The summed E-state index contributed by atoms with van der Waals surface area (Å²) in [5.41, 5.74) is 0.841. The number of nitrogens with one attached hydrogen (secondary N) is 2. The highest BCUT2D eigenvalue weighted by molar-refractivity contribution is 14.0. The Bertz CT molecular complexity index is 743. The molecule has 3 rings (SSSR count). The molecule has 2 N–H and O–H groups in total. The van der Waals surface area contributed by atoms with E-state index in [1.165, 1.54) is 0 Å². The van der Waals surface area contributed by atoms with Crippen LogP contribution in [0.4, 0.5) is 0 Å². The highest BCUT2D eigenvalue weighted by atomic mass is 127. The lowest BCUT2D eigenvalue weighted by Crippen LogP contribution is -2.52. The summed E-state index contributed by atoms with van der Waals surface area (Å²) < 4.78 is 7.47. The Morgan fingerprint density at radius 1 is 1.21 bits per heavy atom. The maximum atomic E-state index is 5.50. The molecule has 0 bridgehead atoms. The molecule has 0 aromatic carbocycles. The quantitative estimate of drug-likeness (QED) is 0.342. The van der Waals surface area contributed by atoms with Crippen LogP contribution in [0.5, 0.6) is 0 Å². The van der Waals surface area contributed by atoms with Gasteiger partial charge in [-0.2, -0.15) is 0 Å². The second kappa shape index (κ2) is 11.5. The van der Waals surface area contributed by atoms with E-state index in [0.29, 0.717) is 18.5 Å². The number of ether oxygens (including phenoxy) is 1. The molecule has 8 nitrogen and oxygen atoms in total. The van der Waals surface area contributed by atoms with Gasteiger partial charge < -0.3 is 15.4 Å². The summed E-state index contributed by atoms with van der Waals surface area (Å²) in [5, 5.41) is 15.3. The van der Waals surface area contributed by atoms with Crippen molar-refractivity contribution in [3.05, 3.63) is 30.2 Å². The lowest BCUT2D eigenvalue weighted by Gasteiger charge is -2.37. The highest BCUT2D eigenvalue weighted by Crippen LogP contribution is 2.12. The van der Waals surface area contributed by atoms with Crippen LogP contribution in [0.3, 0.4) is 0 Å². The second-order valence-corrected chi connectivity index (χ2v) is 7.08. The Kier molecular flexibility index (Phi) is 9.39. The minimum Gasteiger partial charge on any atom is -0.379 e. The number of fused-ring (bicyclic) bond motifs is 1. The second-order valence-electron chi connectivity index (χ2n) is 7.08. The zero-order valence-electron chi connectivity index (χ0n) is 17.0. The van der Waals surface area contributed by atoms with Crippen molar-refractivity contribution in [1.82, 2.24) is 30.1 Å². The maximum Gasteiger partial charge on any atom is 0.191 e. The van der Waals surface area contributed by atoms with E-state index < -0.39 is 0 Å². The normalized spacial score (nSPS) is 16.8. The molecule has 1 atom stereocenters. The van der Waals surface area contributed by atoms with Crippen molar-refractivity contribution in [2.45, 2.75) is 33.4 Å². The molecule has 9 heteroatoms. The molecule has 1 saturated heterocycles. The van der Waals surface area contributed by atoms with Crippen molar-refractivity contribution >= 4 is 35.6 Å². The fourth-order valence-electron chi connectivity index (χ4n) is 3.39. The third kappa shape index (κ3) is 6.02. The molecule has 0 radical (unpaired) electrons. The molecule has 1 fully saturated rings. The van der Waals surface area contributed by atoms with Gasteiger partial charge in [-0.15, -0.1) is 34.2 Å². The van der Waals surface area contributed by atoms with Crippen LogP contribution in [-0.4, -0.2) is 70.9 Å². The molecule has 1 aliphatic heterocycles. The van der Waals surface area contributed by atoms with Crippen molar-refractivity contribution in [3.63, 3.8) is 0 Å². The Hall–Kier alpha value is -1.46.